The zero-order valence-corrected chi connectivity index (χ0v) is 15.2. The normalized spacial score (nSPS) is 22.0. The van der Waals surface area contributed by atoms with Gasteiger partial charge in [0.05, 0.1) is 6.10 Å². The predicted octanol–water partition coefficient (Wildman–Crippen LogP) is 4.81. The fraction of sp³-hybridized carbons (Fsp3) is 0.650. The van der Waals surface area contributed by atoms with Gasteiger partial charge >= 0.3 is 0 Å². The van der Waals surface area contributed by atoms with Crippen molar-refractivity contribution in [3.05, 3.63) is 29.8 Å². The fourth-order valence-corrected chi connectivity index (χ4v) is 3.36. The molecule has 1 aliphatic carbocycles. The lowest BCUT2D eigenvalue weighted by Gasteiger charge is -2.37. The van der Waals surface area contributed by atoms with Gasteiger partial charge in [0, 0.05) is 11.6 Å². The van der Waals surface area contributed by atoms with Gasteiger partial charge in [-0.1, -0.05) is 26.8 Å². The van der Waals surface area contributed by atoms with Gasteiger partial charge in [-0.25, -0.2) is 0 Å². The van der Waals surface area contributed by atoms with E-state index in [2.05, 4.69) is 26.1 Å². The Labute approximate surface area is 140 Å². The van der Waals surface area contributed by atoms with Crippen LogP contribution in [0.4, 0.5) is 0 Å². The molecule has 0 radical (unpaired) electrons. The van der Waals surface area contributed by atoms with Crippen molar-refractivity contribution in [2.45, 2.75) is 72.4 Å². The minimum atomic E-state index is 0.0124. The standard InChI is InChI=1S/C20H31NO2/c1-14(2)23-18-8-6-7-15(13-18)19(22)21-17-11-9-16(10-12-17)20(3,4)5/h6-8,13-14,16-17H,9-12H2,1-5H3,(H,21,22). The topological polar surface area (TPSA) is 38.3 Å². The highest BCUT2D eigenvalue weighted by molar-refractivity contribution is 5.94. The van der Waals surface area contributed by atoms with Crippen molar-refractivity contribution in [2.24, 2.45) is 11.3 Å². The third-order valence-electron chi connectivity index (χ3n) is 4.76. The molecule has 0 heterocycles. The number of rotatable bonds is 4. The van der Waals surface area contributed by atoms with Crippen LogP contribution in [0.25, 0.3) is 0 Å². The molecule has 0 atom stereocenters. The van der Waals surface area contributed by atoms with E-state index in [1.165, 1.54) is 12.8 Å². The van der Waals surface area contributed by atoms with Gasteiger partial charge in [-0.05, 0) is 69.1 Å². The molecule has 1 fully saturated rings. The Hall–Kier alpha value is -1.51. The highest BCUT2D eigenvalue weighted by atomic mass is 16.5. The van der Waals surface area contributed by atoms with Crippen LogP contribution in [0.15, 0.2) is 24.3 Å². The van der Waals surface area contributed by atoms with Gasteiger partial charge in [0.2, 0.25) is 0 Å². The molecule has 1 aliphatic rings. The van der Waals surface area contributed by atoms with Crippen LogP contribution in [0.5, 0.6) is 5.75 Å². The number of ether oxygens (including phenoxy) is 1. The van der Waals surface area contributed by atoms with Crippen LogP contribution in [-0.4, -0.2) is 18.1 Å². The van der Waals surface area contributed by atoms with Crippen molar-refractivity contribution in [3.8, 4) is 5.75 Å². The second-order valence-electron chi connectivity index (χ2n) is 8.08. The van der Waals surface area contributed by atoms with E-state index in [-0.39, 0.29) is 12.0 Å². The van der Waals surface area contributed by atoms with Crippen molar-refractivity contribution in [3.63, 3.8) is 0 Å². The van der Waals surface area contributed by atoms with Crippen molar-refractivity contribution in [2.75, 3.05) is 0 Å². The Kier molecular flexibility index (Phi) is 5.72. The summed E-state index contributed by atoms with van der Waals surface area (Å²) in [6, 6.07) is 7.75. The van der Waals surface area contributed by atoms with Gasteiger partial charge in [0.1, 0.15) is 5.75 Å². The first-order valence-corrected chi connectivity index (χ1v) is 8.83. The molecule has 0 aliphatic heterocycles. The first-order valence-electron chi connectivity index (χ1n) is 8.83. The number of carbonyl (C=O) groups excluding carboxylic acids is 1. The van der Waals surface area contributed by atoms with Gasteiger partial charge in [0.15, 0.2) is 0 Å². The lowest BCUT2D eigenvalue weighted by Crippen LogP contribution is -2.39. The van der Waals surface area contributed by atoms with E-state index in [0.717, 1.165) is 24.5 Å². The molecule has 1 N–H and O–H groups in total. The summed E-state index contributed by atoms with van der Waals surface area (Å²) in [7, 11) is 0. The van der Waals surface area contributed by atoms with E-state index in [9.17, 15) is 4.79 Å². The number of hydrogen-bond acceptors (Lipinski definition) is 2. The van der Waals surface area contributed by atoms with E-state index < -0.39 is 0 Å². The SMILES string of the molecule is CC(C)Oc1cccc(C(=O)NC2CCC(C(C)(C)C)CC2)c1. The highest BCUT2D eigenvalue weighted by Crippen LogP contribution is 2.37. The first kappa shape index (κ1) is 17.8. The van der Waals surface area contributed by atoms with Crippen LogP contribution < -0.4 is 10.1 Å². The highest BCUT2D eigenvalue weighted by Gasteiger charge is 2.30. The van der Waals surface area contributed by atoms with E-state index >= 15 is 0 Å². The summed E-state index contributed by atoms with van der Waals surface area (Å²) in [4.78, 5) is 12.5. The van der Waals surface area contributed by atoms with Gasteiger partial charge in [-0.2, -0.15) is 0 Å². The Morgan fingerprint density at radius 2 is 1.83 bits per heavy atom. The lowest BCUT2D eigenvalue weighted by molar-refractivity contribution is 0.0903. The van der Waals surface area contributed by atoms with Gasteiger partial charge in [0.25, 0.3) is 5.91 Å². The smallest absolute Gasteiger partial charge is 0.251 e. The minimum absolute atomic E-state index is 0.0124. The second-order valence-corrected chi connectivity index (χ2v) is 8.08. The molecule has 3 nitrogen and oxygen atoms in total. The zero-order valence-electron chi connectivity index (χ0n) is 15.2. The van der Waals surface area contributed by atoms with E-state index in [4.69, 9.17) is 4.74 Å². The Morgan fingerprint density at radius 3 is 2.39 bits per heavy atom. The third-order valence-corrected chi connectivity index (χ3v) is 4.76. The summed E-state index contributed by atoms with van der Waals surface area (Å²) in [5.41, 5.74) is 1.05. The number of hydrogen-bond donors (Lipinski definition) is 1. The molecule has 0 bridgehead atoms. The van der Waals surface area contributed by atoms with Crippen molar-refractivity contribution in [1.29, 1.82) is 0 Å². The molecule has 0 aromatic heterocycles. The summed E-state index contributed by atoms with van der Waals surface area (Å²) in [6.07, 6.45) is 4.67. The van der Waals surface area contributed by atoms with Gasteiger partial charge in [-0.3, -0.25) is 4.79 Å². The number of carbonyl (C=O) groups is 1. The lowest BCUT2D eigenvalue weighted by atomic mass is 9.71. The molecule has 1 saturated carbocycles. The maximum atomic E-state index is 12.5. The largest absolute Gasteiger partial charge is 0.491 e. The Balaban J connectivity index is 1.90. The van der Waals surface area contributed by atoms with Gasteiger partial charge in [-0.15, -0.1) is 0 Å². The van der Waals surface area contributed by atoms with Crippen molar-refractivity contribution < 1.29 is 9.53 Å². The molecule has 0 unspecified atom stereocenters. The first-order chi connectivity index (χ1) is 10.8. The predicted molar refractivity (Wildman–Crippen MR) is 94.9 cm³/mol. The van der Waals surface area contributed by atoms with Crippen LogP contribution >= 0.6 is 0 Å². The molecular weight excluding hydrogens is 286 g/mol. The van der Waals surface area contributed by atoms with Gasteiger partial charge < -0.3 is 10.1 Å². The van der Waals surface area contributed by atoms with E-state index in [1.54, 1.807) is 0 Å². The van der Waals surface area contributed by atoms with E-state index in [1.807, 2.05) is 38.1 Å². The molecule has 3 heteroatoms. The molecule has 0 saturated heterocycles. The molecule has 23 heavy (non-hydrogen) atoms. The molecule has 128 valence electrons. The summed E-state index contributed by atoms with van der Waals surface area (Å²) in [5, 5.41) is 3.19. The Morgan fingerprint density at radius 1 is 1.17 bits per heavy atom. The molecular formula is C20H31NO2. The van der Waals surface area contributed by atoms with Crippen molar-refractivity contribution in [1.82, 2.24) is 5.32 Å². The monoisotopic (exact) mass is 317 g/mol. The molecule has 1 aromatic rings. The average molecular weight is 317 g/mol. The van der Waals surface area contributed by atoms with E-state index in [0.29, 0.717) is 17.0 Å². The molecule has 1 aromatic carbocycles. The van der Waals surface area contributed by atoms with Crippen molar-refractivity contribution >= 4 is 5.91 Å². The van der Waals surface area contributed by atoms with Crippen LogP contribution in [0, 0.1) is 11.3 Å². The summed E-state index contributed by atoms with van der Waals surface area (Å²) >= 11 is 0. The average Bonchev–Trinajstić information content (AvgIpc) is 2.46. The number of amides is 1. The molecule has 1 amide bonds. The molecule has 0 spiro atoms. The maximum absolute atomic E-state index is 12.5. The van der Waals surface area contributed by atoms with Crippen LogP contribution in [0.3, 0.4) is 0 Å². The Bertz CT molecular complexity index is 523. The van der Waals surface area contributed by atoms with Crippen LogP contribution in [0.2, 0.25) is 0 Å². The summed E-state index contributed by atoms with van der Waals surface area (Å²) in [5.74, 6) is 1.53. The summed E-state index contributed by atoms with van der Waals surface area (Å²) in [6.45, 7) is 10.9. The number of nitrogens with one attached hydrogen (secondary N) is 1. The van der Waals surface area contributed by atoms with Crippen LogP contribution in [-0.2, 0) is 0 Å². The maximum Gasteiger partial charge on any atom is 0.251 e. The van der Waals surface area contributed by atoms with Crippen LogP contribution in [0.1, 0.15) is 70.7 Å². The number of benzene rings is 1. The summed E-state index contributed by atoms with van der Waals surface area (Å²) < 4.78 is 5.67. The fourth-order valence-electron chi connectivity index (χ4n) is 3.36. The third kappa shape index (κ3) is 5.26. The second kappa shape index (κ2) is 7.37. The quantitative estimate of drug-likeness (QED) is 0.865. The molecule has 2 rings (SSSR count). The minimum Gasteiger partial charge on any atom is -0.491 e. The zero-order chi connectivity index (χ0) is 17.0.